The third-order valence-corrected chi connectivity index (χ3v) is 3.66. The molecule has 0 aliphatic heterocycles. The summed E-state index contributed by atoms with van der Waals surface area (Å²) in [7, 11) is 0. The Kier molecular flexibility index (Phi) is 6.29. The van der Waals surface area contributed by atoms with Crippen molar-refractivity contribution in [1.82, 2.24) is 0 Å². The standard InChI is InChI=1S/C6H7ClS.C6H12/c1-5-2-6(3-7)4-8-5;1-2-4-6-5-3-1/h2,4H,3H2,1H3;1-6H2. The lowest BCUT2D eigenvalue weighted by Gasteiger charge is -2.05. The van der Waals surface area contributed by atoms with E-state index >= 15 is 0 Å². The Labute approximate surface area is 96.3 Å². The third kappa shape index (κ3) is 5.02. The van der Waals surface area contributed by atoms with Crippen LogP contribution >= 0.6 is 22.9 Å². The van der Waals surface area contributed by atoms with E-state index in [0.29, 0.717) is 5.88 Å². The molecule has 1 aromatic rings. The molecule has 1 aromatic heterocycles. The molecule has 14 heavy (non-hydrogen) atoms. The van der Waals surface area contributed by atoms with Crippen LogP contribution in [0, 0.1) is 6.92 Å². The van der Waals surface area contributed by atoms with Gasteiger partial charge in [0.25, 0.3) is 0 Å². The van der Waals surface area contributed by atoms with Crippen molar-refractivity contribution in [3.8, 4) is 0 Å². The number of hydrogen-bond donors (Lipinski definition) is 0. The van der Waals surface area contributed by atoms with Crippen molar-refractivity contribution in [2.45, 2.75) is 51.3 Å². The van der Waals surface area contributed by atoms with Crippen molar-refractivity contribution in [3.05, 3.63) is 21.9 Å². The second-order valence-electron chi connectivity index (χ2n) is 3.82. The summed E-state index contributed by atoms with van der Waals surface area (Å²) in [6, 6.07) is 2.11. The van der Waals surface area contributed by atoms with Crippen molar-refractivity contribution >= 4 is 22.9 Å². The summed E-state index contributed by atoms with van der Waals surface area (Å²) in [6.07, 6.45) is 9.00. The van der Waals surface area contributed by atoms with E-state index in [-0.39, 0.29) is 0 Å². The van der Waals surface area contributed by atoms with Crippen LogP contribution in [0.4, 0.5) is 0 Å². The monoisotopic (exact) mass is 230 g/mol. The van der Waals surface area contributed by atoms with Crippen LogP contribution in [0.5, 0.6) is 0 Å². The second-order valence-corrected chi connectivity index (χ2v) is 5.20. The van der Waals surface area contributed by atoms with Crippen molar-refractivity contribution in [2.24, 2.45) is 0 Å². The Hall–Kier alpha value is -0.0100. The van der Waals surface area contributed by atoms with E-state index in [2.05, 4.69) is 18.4 Å². The zero-order valence-electron chi connectivity index (χ0n) is 8.89. The molecule has 0 aromatic carbocycles. The van der Waals surface area contributed by atoms with E-state index in [1.54, 1.807) is 11.3 Å². The molecule has 0 saturated heterocycles. The third-order valence-electron chi connectivity index (χ3n) is 2.44. The Morgan fingerprint density at radius 3 is 1.86 bits per heavy atom. The predicted molar refractivity (Wildman–Crippen MR) is 66.3 cm³/mol. The first-order valence-corrected chi connectivity index (χ1v) is 6.84. The van der Waals surface area contributed by atoms with Gasteiger partial charge in [-0.15, -0.1) is 22.9 Å². The van der Waals surface area contributed by atoms with Crippen LogP contribution in [0.15, 0.2) is 11.4 Å². The Morgan fingerprint density at radius 2 is 1.64 bits per heavy atom. The number of halogens is 1. The highest BCUT2D eigenvalue weighted by Gasteiger charge is 1.95. The number of aryl methyl sites for hydroxylation is 1. The van der Waals surface area contributed by atoms with Crippen molar-refractivity contribution < 1.29 is 0 Å². The van der Waals surface area contributed by atoms with Crippen molar-refractivity contribution in [3.63, 3.8) is 0 Å². The maximum absolute atomic E-state index is 5.55. The topological polar surface area (TPSA) is 0 Å². The Bertz CT molecular complexity index is 227. The summed E-state index contributed by atoms with van der Waals surface area (Å²) in [5, 5.41) is 2.09. The van der Waals surface area contributed by atoms with Gasteiger partial charge in [0.1, 0.15) is 0 Å². The van der Waals surface area contributed by atoms with Crippen LogP contribution in [0.2, 0.25) is 0 Å². The molecule has 0 bridgehead atoms. The van der Waals surface area contributed by atoms with E-state index in [0.717, 1.165) is 0 Å². The van der Waals surface area contributed by atoms with Gasteiger partial charge in [-0.25, -0.2) is 0 Å². The maximum Gasteiger partial charge on any atom is 0.0482 e. The zero-order valence-corrected chi connectivity index (χ0v) is 10.5. The zero-order chi connectivity index (χ0) is 10.2. The molecule has 0 atom stereocenters. The lowest BCUT2D eigenvalue weighted by Crippen LogP contribution is -1.85. The fourth-order valence-electron chi connectivity index (χ4n) is 1.63. The van der Waals surface area contributed by atoms with Crippen LogP contribution in [0.25, 0.3) is 0 Å². The quantitative estimate of drug-likeness (QED) is 0.587. The fraction of sp³-hybridized carbons (Fsp3) is 0.667. The van der Waals surface area contributed by atoms with Crippen LogP contribution in [-0.2, 0) is 5.88 Å². The number of thiophene rings is 1. The van der Waals surface area contributed by atoms with Gasteiger partial charge < -0.3 is 0 Å². The van der Waals surface area contributed by atoms with E-state index in [1.165, 1.54) is 49.0 Å². The molecule has 1 aliphatic rings. The van der Waals surface area contributed by atoms with Crippen LogP contribution in [0.1, 0.15) is 49.0 Å². The second kappa shape index (κ2) is 7.30. The molecule has 1 aliphatic carbocycles. The average molecular weight is 231 g/mol. The van der Waals surface area contributed by atoms with Gasteiger partial charge in [0.05, 0.1) is 0 Å². The average Bonchev–Trinajstić information content (AvgIpc) is 2.68. The fourth-order valence-corrected chi connectivity index (χ4v) is 2.58. The minimum absolute atomic E-state index is 0.643. The molecule has 0 radical (unpaired) electrons. The van der Waals surface area contributed by atoms with E-state index < -0.39 is 0 Å². The van der Waals surface area contributed by atoms with Crippen LogP contribution in [0.3, 0.4) is 0 Å². The lowest BCUT2D eigenvalue weighted by molar-refractivity contribution is 0.504. The molecule has 1 heterocycles. The Balaban J connectivity index is 0.000000146. The first-order chi connectivity index (χ1) is 6.83. The van der Waals surface area contributed by atoms with Crippen LogP contribution in [-0.4, -0.2) is 0 Å². The molecule has 0 N–H and O–H groups in total. The van der Waals surface area contributed by atoms with Gasteiger partial charge in [-0.3, -0.25) is 0 Å². The summed E-state index contributed by atoms with van der Waals surface area (Å²) in [5.41, 5.74) is 1.23. The highest BCUT2D eigenvalue weighted by Crippen LogP contribution is 2.15. The molecular formula is C12H19ClS. The summed E-state index contributed by atoms with van der Waals surface area (Å²) < 4.78 is 0. The maximum atomic E-state index is 5.55. The van der Waals surface area contributed by atoms with Gasteiger partial charge >= 0.3 is 0 Å². The number of hydrogen-bond acceptors (Lipinski definition) is 1. The molecule has 0 spiro atoms. The Morgan fingerprint density at radius 1 is 1.14 bits per heavy atom. The molecule has 80 valence electrons. The molecule has 0 amide bonds. The first kappa shape index (κ1) is 12.1. The minimum atomic E-state index is 0.643. The highest BCUT2D eigenvalue weighted by molar-refractivity contribution is 7.10. The molecule has 2 rings (SSSR count). The van der Waals surface area contributed by atoms with Gasteiger partial charge in [0.2, 0.25) is 0 Å². The van der Waals surface area contributed by atoms with Crippen molar-refractivity contribution in [2.75, 3.05) is 0 Å². The van der Waals surface area contributed by atoms with Crippen molar-refractivity contribution in [1.29, 1.82) is 0 Å². The number of alkyl halides is 1. The summed E-state index contributed by atoms with van der Waals surface area (Å²) in [5.74, 6) is 0.643. The smallest absolute Gasteiger partial charge is 0.0482 e. The highest BCUT2D eigenvalue weighted by atomic mass is 35.5. The molecule has 1 fully saturated rings. The molecule has 0 nitrogen and oxygen atoms in total. The lowest BCUT2D eigenvalue weighted by atomic mass is 10.0. The van der Waals surface area contributed by atoms with E-state index in [1.807, 2.05) is 0 Å². The summed E-state index contributed by atoms with van der Waals surface area (Å²) in [4.78, 5) is 1.33. The number of rotatable bonds is 1. The molecule has 2 heteroatoms. The molecule has 0 unspecified atom stereocenters. The normalized spacial score (nSPS) is 15.9. The predicted octanol–water partition coefficient (Wildman–Crippen LogP) is 5.14. The molecular weight excluding hydrogens is 212 g/mol. The summed E-state index contributed by atoms with van der Waals surface area (Å²) in [6.45, 7) is 2.08. The SMILES string of the molecule is C1CCCCC1.Cc1cc(CCl)cs1. The van der Waals surface area contributed by atoms with Gasteiger partial charge in [-0.05, 0) is 23.9 Å². The largest absolute Gasteiger partial charge is 0.149 e. The van der Waals surface area contributed by atoms with Gasteiger partial charge in [-0.1, -0.05) is 38.5 Å². The van der Waals surface area contributed by atoms with Gasteiger partial charge in [0.15, 0.2) is 0 Å². The minimum Gasteiger partial charge on any atom is -0.149 e. The van der Waals surface area contributed by atoms with Gasteiger partial charge in [-0.2, -0.15) is 0 Å². The molecule has 1 saturated carbocycles. The van der Waals surface area contributed by atoms with Gasteiger partial charge in [0, 0.05) is 10.8 Å². The van der Waals surface area contributed by atoms with Crippen LogP contribution < -0.4 is 0 Å². The van der Waals surface area contributed by atoms with E-state index in [4.69, 9.17) is 11.6 Å². The summed E-state index contributed by atoms with van der Waals surface area (Å²) >= 11 is 7.29. The van der Waals surface area contributed by atoms with E-state index in [9.17, 15) is 0 Å². The first-order valence-electron chi connectivity index (χ1n) is 5.43.